The minimum absolute atomic E-state index is 0.0663. The maximum absolute atomic E-state index is 10.5. The van der Waals surface area contributed by atoms with Gasteiger partial charge >= 0.3 is 29.8 Å². The lowest BCUT2D eigenvalue weighted by Crippen LogP contribution is -2.29. The Labute approximate surface area is 718 Å². The Morgan fingerprint density at radius 3 is 1.10 bits per heavy atom. The van der Waals surface area contributed by atoms with E-state index in [0.29, 0.717) is 56.7 Å². The van der Waals surface area contributed by atoms with Crippen molar-refractivity contribution in [2.24, 2.45) is 11.8 Å². The molecule has 0 radical (unpaired) electrons. The number of carboxylic acid groups (broad SMARTS) is 5. The number of fused-ring (bicyclic) bond motifs is 2. The Morgan fingerprint density at radius 1 is 0.336 bits per heavy atom. The van der Waals surface area contributed by atoms with Crippen molar-refractivity contribution >= 4 is 29.8 Å². The largest absolute Gasteiger partial charge is 0.481 e. The molecule has 19 nitrogen and oxygen atoms in total. The number of allylic oxidation sites excluding steroid dienone is 27. The fourth-order valence-electron chi connectivity index (χ4n) is 12.5. The number of carboxylic acids is 5. The van der Waals surface area contributed by atoms with Crippen molar-refractivity contribution in [2.75, 3.05) is 0 Å². The van der Waals surface area contributed by atoms with E-state index >= 15 is 0 Å². The topological polar surface area (TPSA) is 317 Å². The number of aliphatic hydroxyl groups excluding tert-OH is 2. The first-order chi connectivity index (χ1) is 57.9. The molecule has 0 aromatic heterocycles. The summed E-state index contributed by atoms with van der Waals surface area (Å²) in [6, 6.07) is 0. The second kappa shape index (κ2) is 88.6. The van der Waals surface area contributed by atoms with E-state index in [1.54, 1.807) is 6.08 Å². The average Bonchev–Trinajstić information content (AvgIpc) is 1.64. The second-order valence-corrected chi connectivity index (χ2v) is 30.4. The maximum Gasteiger partial charge on any atom is 0.303 e. The summed E-state index contributed by atoms with van der Waals surface area (Å²) in [4.78, 5) is 71.6. The van der Waals surface area contributed by atoms with Crippen LogP contribution >= 0.6 is 0 Å². The number of unbranched alkanes of at least 4 members (excludes halogenated alkanes) is 16. The number of hydrogen-bond donors (Lipinski definition) is 9. The summed E-state index contributed by atoms with van der Waals surface area (Å²) >= 11 is 0. The first kappa shape index (κ1) is 114. The zero-order chi connectivity index (χ0) is 87.8. The molecule has 1 aliphatic carbocycles. The molecule has 2 saturated heterocycles. The van der Waals surface area contributed by atoms with E-state index in [-0.39, 0.29) is 56.3 Å². The van der Waals surface area contributed by atoms with E-state index in [4.69, 9.17) is 50.6 Å². The van der Waals surface area contributed by atoms with Crippen molar-refractivity contribution in [1.82, 2.24) is 0 Å². The number of ether oxygens (including phenoxy) is 1. The SMILES string of the molecule is CCCCC/C=C\C/C=C\C/C=C\C/C=C\CCCC(=O)O.CCCCC/C=C\C/C=C\C/C=C\C=C\[C@H](CCCC(=O)O)OO.CCCCC[C@@H](O)[C@@H](O)C/C=C\C/C=C\C/C=C\CCCC(=O)O.CCCCC[C@H](/C=C/[C@@H]1[C@H](C/C=C\CCCC(=O)O)[C@@H]2C[C@H]1OO2)OO.CCCCC[C@H]1O[C@H]1C/C=C\C/C=C\C/C=C\CCCC(=O)O. The number of rotatable bonds is 71. The summed E-state index contributed by atoms with van der Waals surface area (Å²) in [5, 5.41) is 80.2. The lowest BCUT2D eigenvalue weighted by Gasteiger charge is -2.27. The van der Waals surface area contributed by atoms with E-state index in [0.717, 1.165) is 161 Å². The normalized spacial score (nSPS) is 18.5. The Bertz CT molecular complexity index is 2920. The van der Waals surface area contributed by atoms with Crippen molar-refractivity contribution in [2.45, 2.75) is 392 Å². The molecule has 3 rings (SSSR count). The first-order valence-corrected chi connectivity index (χ1v) is 45.4. The van der Waals surface area contributed by atoms with Gasteiger partial charge in [0.2, 0.25) is 0 Å². The summed E-state index contributed by atoms with van der Waals surface area (Å²) in [6.45, 7) is 10.9. The Hall–Kier alpha value is -7.17. The monoisotopic (exact) mass is 1670 g/mol. The lowest BCUT2D eigenvalue weighted by molar-refractivity contribution is -0.336. The van der Waals surface area contributed by atoms with Gasteiger partial charge in [-0.15, -0.1) is 0 Å². The molecule has 3 fully saturated rings. The van der Waals surface area contributed by atoms with Gasteiger partial charge in [0.05, 0.1) is 30.5 Å². The number of aliphatic hydroxyl groups is 2. The molecule has 1 saturated carbocycles. The molecule has 10 atom stereocenters. The van der Waals surface area contributed by atoms with Crippen molar-refractivity contribution < 1.29 is 94.5 Å². The number of epoxide rings is 1. The Balaban J connectivity index is 0. The lowest BCUT2D eigenvalue weighted by atomic mass is 9.89. The standard InChI is InChI=1S/C20H32O6.C20H34O4.C20H32O4.C20H32O3.C20H32O2/c1-2-3-6-9-15(24-23)12-13-17-16(18-14-19(17)26-25-18)10-7-4-5-8-11-20(21)22;1-2-3-12-15-18(21)19(22)16-13-10-8-6-4-5-7-9-11-14-17-20(23)24;1-2-3-4-5-6-7-8-9-10-11-12-13-14-16-19(24-23)17-15-18-20(21)22;1-2-3-12-15-18-19(23-18)16-13-10-8-6-4-5-7-9-11-14-17-20(21)22;1-2-3-4-5-6-7-8-9-10-11-12-13-14-15-16-17-18-19-20(21)22/h4,7,12-13,15-19,23H,2-3,5-6,8-11,14H2,1H3,(H,21,22);4,6-7,9-10,13,18-19,21-22H,2-3,5,8,11-12,14-17H2,1H3,(H,23,24);6-7,9-10,12-14,16,19,23H,2-5,8,11,15,17-18H2,1H3,(H,21,22);4,6-7,9-10,13,18-19H,2-3,5,8,11-12,14-17H2,1H3,(H,21,22);6-7,9-10,12-13,15-16H,2-5,8,11,14,17-19H2,1H3,(H,21,22)/b7-4-,13-12+;6-4-,9-7-,13-10-;7-6-,10-9-,13-12-,16-14+;6-4-,9-7-,13-10-;7-6-,10-9-,13-12-,16-15-/t15-,16+,17-,18+,19-;18-,19+;19-;18-,19+;/m1111./s1. The third kappa shape index (κ3) is 81.6. The highest BCUT2D eigenvalue weighted by atomic mass is 17.2. The zero-order valence-corrected chi connectivity index (χ0v) is 73.8. The van der Waals surface area contributed by atoms with Gasteiger partial charge in [-0.25, -0.2) is 19.6 Å². The first-order valence-electron chi connectivity index (χ1n) is 45.4. The van der Waals surface area contributed by atoms with Crippen LogP contribution < -0.4 is 0 Å². The van der Waals surface area contributed by atoms with Gasteiger partial charge in [0.25, 0.3) is 0 Å². The second-order valence-electron chi connectivity index (χ2n) is 30.4. The zero-order valence-electron chi connectivity index (χ0n) is 73.8. The van der Waals surface area contributed by atoms with Crippen LogP contribution in [0.3, 0.4) is 0 Å². The van der Waals surface area contributed by atoms with E-state index in [1.165, 1.54) is 77.0 Å². The molecule has 0 amide bonds. The van der Waals surface area contributed by atoms with Gasteiger partial charge in [0.1, 0.15) is 18.3 Å². The predicted molar refractivity (Wildman–Crippen MR) is 487 cm³/mol. The fraction of sp³-hybridized carbons (Fsp3) is 0.630. The van der Waals surface area contributed by atoms with Crippen molar-refractivity contribution in [1.29, 1.82) is 0 Å². The van der Waals surface area contributed by atoms with Crippen LogP contribution in [0.25, 0.3) is 0 Å². The maximum atomic E-state index is 10.5. The highest BCUT2D eigenvalue weighted by Gasteiger charge is 2.49. The van der Waals surface area contributed by atoms with E-state index in [9.17, 15) is 34.2 Å². The van der Waals surface area contributed by atoms with E-state index in [1.807, 2.05) is 48.6 Å². The minimum Gasteiger partial charge on any atom is -0.481 e. The molecule has 3 aliphatic rings. The summed E-state index contributed by atoms with van der Waals surface area (Å²) in [5.41, 5.74) is 0. The van der Waals surface area contributed by atoms with Crippen LogP contribution in [0.15, 0.2) is 194 Å². The van der Waals surface area contributed by atoms with Gasteiger partial charge in [-0.2, -0.15) is 0 Å². The van der Waals surface area contributed by atoms with Gasteiger partial charge in [-0.05, 0) is 186 Å². The van der Waals surface area contributed by atoms with Gasteiger partial charge < -0.3 is 40.5 Å². The van der Waals surface area contributed by atoms with Crippen molar-refractivity contribution in [3.05, 3.63) is 194 Å². The number of aliphatic carboxylic acids is 5. The molecule has 2 aliphatic heterocycles. The van der Waals surface area contributed by atoms with Gasteiger partial charge in [-0.1, -0.05) is 313 Å². The Kier molecular flexibility index (Phi) is 84.8. The summed E-state index contributed by atoms with van der Waals surface area (Å²) < 4.78 is 5.66. The molecule has 0 spiro atoms. The van der Waals surface area contributed by atoms with Gasteiger partial charge in [-0.3, -0.25) is 34.5 Å². The molecule has 9 N–H and O–H groups in total. The van der Waals surface area contributed by atoms with Crippen molar-refractivity contribution in [3.8, 4) is 0 Å². The molecule has 0 aromatic rings. The molecular weight excluding hydrogens is 1510 g/mol. The fourth-order valence-corrected chi connectivity index (χ4v) is 12.5. The molecule has 676 valence electrons. The van der Waals surface area contributed by atoms with Crippen LogP contribution in [-0.2, 0) is 48.3 Å². The molecule has 19 heteroatoms. The van der Waals surface area contributed by atoms with Gasteiger partial charge in [0, 0.05) is 50.4 Å². The third-order valence-corrected chi connectivity index (χ3v) is 19.6. The smallest absolute Gasteiger partial charge is 0.303 e. The highest BCUT2D eigenvalue weighted by molar-refractivity contribution is 5.67. The quantitative estimate of drug-likeness (QED) is 0.00682. The van der Waals surface area contributed by atoms with E-state index < -0.39 is 48.2 Å². The summed E-state index contributed by atoms with van der Waals surface area (Å²) in [6.07, 6.45) is 109. The predicted octanol–water partition coefficient (Wildman–Crippen LogP) is 26.2. The molecular formula is C100H162O19. The van der Waals surface area contributed by atoms with Crippen LogP contribution in [0.2, 0.25) is 0 Å². The van der Waals surface area contributed by atoms with Crippen molar-refractivity contribution in [3.63, 3.8) is 0 Å². The highest BCUT2D eigenvalue weighted by Crippen LogP contribution is 2.45. The van der Waals surface area contributed by atoms with E-state index in [2.05, 4.69) is 184 Å². The molecule has 2 heterocycles. The van der Waals surface area contributed by atoms with Gasteiger partial charge in [0.15, 0.2) is 0 Å². The summed E-state index contributed by atoms with van der Waals surface area (Å²) in [5.74, 6) is -3.16. The van der Waals surface area contributed by atoms with Crippen LogP contribution in [0.4, 0.5) is 0 Å². The van der Waals surface area contributed by atoms with Crippen LogP contribution in [-0.4, -0.2) is 125 Å². The molecule has 2 bridgehead atoms. The molecule has 119 heavy (non-hydrogen) atoms. The minimum atomic E-state index is -0.835. The number of hydrogen-bond acceptors (Lipinski definition) is 14. The Morgan fingerprint density at radius 2 is 0.672 bits per heavy atom. The number of carbonyl (C=O) groups is 5. The molecule has 0 unspecified atom stereocenters. The molecule has 0 aromatic carbocycles. The van der Waals surface area contributed by atoms with Crippen LogP contribution in [0, 0.1) is 11.8 Å². The van der Waals surface area contributed by atoms with Crippen LogP contribution in [0.1, 0.15) is 343 Å². The van der Waals surface area contributed by atoms with Crippen LogP contribution in [0.5, 0.6) is 0 Å². The summed E-state index contributed by atoms with van der Waals surface area (Å²) in [7, 11) is 0. The third-order valence-electron chi connectivity index (χ3n) is 19.6. The average molecular weight is 1670 g/mol.